The van der Waals surface area contributed by atoms with Crippen molar-refractivity contribution in [2.45, 2.75) is 51.8 Å². The van der Waals surface area contributed by atoms with E-state index in [1.807, 2.05) is 12.1 Å². The van der Waals surface area contributed by atoms with E-state index in [0.29, 0.717) is 5.56 Å². The molecule has 0 spiro atoms. The SMILES string of the molecule is CC[CH2][In]([CH2]CC)[CH2]c1ccccc1CC(F)(F)F. The molecular weight excluding hydrogens is 352 g/mol. The third kappa shape index (κ3) is 6.73. The summed E-state index contributed by atoms with van der Waals surface area (Å²) in [6.07, 6.45) is -2.51. The summed E-state index contributed by atoms with van der Waals surface area (Å²) in [6, 6.07) is 7.13. The Morgan fingerprint density at radius 1 is 0.947 bits per heavy atom. The van der Waals surface area contributed by atoms with Crippen molar-refractivity contribution < 1.29 is 13.2 Å². The summed E-state index contributed by atoms with van der Waals surface area (Å²) in [5.41, 5.74) is 1.45. The van der Waals surface area contributed by atoms with Crippen molar-refractivity contribution in [1.82, 2.24) is 0 Å². The zero-order valence-electron chi connectivity index (χ0n) is 11.8. The zero-order valence-corrected chi connectivity index (χ0v) is 15.1. The predicted molar refractivity (Wildman–Crippen MR) is 75.9 cm³/mol. The molecule has 0 saturated carbocycles. The van der Waals surface area contributed by atoms with Crippen molar-refractivity contribution in [1.29, 1.82) is 0 Å². The summed E-state index contributed by atoms with van der Waals surface area (Å²) in [7, 11) is 0. The van der Waals surface area contributed by atoms with Crippen molar-refractivity contribution >= 4 is 21.4 Å². The summed E-state index contributed by atoms with van der Waals surface area (Å²) >= 11 is -1.65. The molecule has 1 aromatic carbocycles. The van der Waals surface area contributed by atoms with Gasteiger partial charge >= 0.3 is 122 Å². The quantitative estimate of drug-likeness (QED) is 0.617. The van der Waals surface area contributed by atoms with Gasteiger partial charge in [0.1, 0.15) is 0 Å². The van der Waals surface area contributed by atoms with Crippen LogP contribution in [0.5, 0.6) is 0 Å². The van der Waals surface area contributed by atoms with Crippen LogP contribution in [0.4, 0.5) is 13.2 Å². The minimum absolute atomic E-state index is 0.490. The maximum atomic E-state index is 12.6. The molecule has 19 heavy (non-hydrogen) atoms. The Labute approximate surface area is 121 Å². The molecule has 0 heterocycles. The molecule has 0 amide bonds. The van der Waals surface area contributed by atoms with Crippen LogP contribution in [0.25, 0.3) is 0 Å². The van der Waals surface area contributed by atoms with Gasteiger partial charge in [0.05, 0.1) is 0 Å². The molecule has 1 rings (SSSR count). The van der Waals surface area contributed by atoms with Gasteiger partial charge in [0.15, 0.2) is 0 Å². The molecule has 0 fully saturated rings. The molecule has 0 N–H and O–H groups in total. The normalized spacial score (nSPS) is 11.6. The van der Waals surface area contributed by atoms with Gasteiger partial charge in [-0.15, -0.1) is 0 Å². The van der Waals surface area contributed by atoms with E-state index in [2.05, 4.69) is 13.8 Å². The van der Waals surface area contributed by atoms with Crippen molar-refractivity contribution in [3.05, 3.63) is 35.4 Å². The molecule has 0 nitrogen and oxygen atoms in total. The second-order valence-electron chi connectivity index (χ2n) is 5.21. The van der Waals surface area contributed by atoms with Crippen LogP contribution in [0.1, 0.15) is 37.8 Å². The van der Waals surface area contributed by atoms with Crippen LogP contribution in [0.3, 0.4) is 0 Å². The van der Waals surface area contributed by atoms with Crippen LogP contribution in [-0.2, 0) is 10.6 Å². The number of hydrogen-bond donors (Lipinski definition) is 0. The van der Waals surface area contributed by atoms with Crippen LogP contribution in [0.2, 0.25) is 8.35 Å². The first-order valence-corrected chi connectivity index (χ1v) is 14.1. The summed E-state index contributed by atoms with van der Waals surface area (Å²) in [4.78, 5) is 0. The Balaban J connectivity index is 2.81. The van der Waals surface area contributed by atoms with Crippen molar-refractivity contribution in [2.75, 3.05) is 0 Å². The Kier molecular flexibility index (Phi) is 7.33. The summed E-state index contributed by atoms with van der Waals surface area (Å²) in [5.74, 6) is 0. The van der Waals surface area contributed by atoms with E-state index in [9.17, 15) is 13.2 Å². The Hall–Kier alpha value is -0.120. The molecule has 0 saturated heterocycles. The fourth-order valence-electron chi connectivity index (χ4n) is 2.62. The van der Waals surface area contributed by atoms with E-state index in [4.69, 9.17) is 0 Å². The van der Waals surface area contributed by atoms with Gasteiger partial charge in [0.2, 0.25) is 0 Å². The molecule has 0 radical (unpaired) electrons. The number of halogens is 3. The minimum atomic E-state index is -4.10. The predicted octanol–water partition coefficient (Wildman–Crippen LogP) is 5.19. The molecule has 0 bridgehead atoms. The van der Waals surface area contributed by atoms with Gasteiger partial charge in [-0.25, -0.2) is 0 Å². The number of hydrogen-bond acceptors (Lipinski definition) is 0. The number of alkyl halides is 3. The average molecular weight is 374 g/mol. The van der Waals surface area contributed by atoms with Gasteiger partial charge in [-0.2, -0.15) is 0 Å². The van der Waals surface area contributed by atoms with Crippen LogP contribution < -0.4 is 0 Å². The Morgan fingerprint density at radius 2 is 1.47 bits per heavy atom. The molecule has 4 heteroatoms. The fourth-order valence-corrected chi connectivity index (χ4v) is 12.2. The summed E-state index contributed by atoms with van der Waals surface area (Å²) in [6.45, 7) is 4.36. The second-order valence-corrected chi connectivity index (χ2v) is 14.6. The van der Waals surface area contributed by atoms with E-state index in [1.165, 1.54) is 21.2 Å². The molecule has 0 aliphatic heterocycles. The number of benzene rings is 1. The third-order valence-corrected chi connectivity index (χ3v) is 14.3. The van der Waals surface area contributed by atoms with Crippen LogP contribution in [-0.4, -0.2) is 27.6 Å². The van der Waals surface area contributed by atoms with Gasteiger partial charge in [0, 0.05) is 0 Å². The molecule has 0 atom stereocenters. The molecule has 0 aliphatic rings. The molecule has 1 aromatic rings. The van der Waals surface area contributed by atoms with Gasteiger partial charge in [-0.3, -0.25) is 0 Å². The van der Waals surface area contributed by atoms with Crippen molar-refractivity contribution in [3.63, 3.8) is 0 Å². The maximum absolute atomic E-state index is 12.6. The topological polar surface area (TPSA) is 0 Å². The van der Waals surface area contributed by atoms with Crippen molar-refractivity contribution in [2.24, 2.45) is 0 Å². The van der Waals surface area contributed by atoms with E-state index in [1.54, 1.807) is 12.1 Å². The van der Waals surface area contributed by atoms with Crippen LogP contribution >= 0.6 is 0 Å². The Bertz CT molecular complexity index is 368. The zero-order chi connectivity index (χ0) is 14.3. The molecular formula is C15H22F3In. The average Bonchev–Trinajstić information content (AvgIpc) is 2.30. The van der Waals surface area contributed by atoms with E-state index in [-0.39, 0.29) is 0 Å². The van der Waals surface area contributed by atoms with Gasteiger partial charge < -0.3 is 0 Å². The third-order valence-electron chi connectivity index (χ3n) is 3.41. The first kappa shape index (κ1) is 16.9. The van der Waals surface area contributed by atoms with E-state index in [0.717, 1.165) is 9.74 Å². The van der Waals surface area contributed by atoms with Gasteiger partial charge in [-0.1, -0.05) is 0 Å². The van der Waals surface area contributed by atoms with E-state index >= 15 is 0 Å². The second kappa shape index (κ2) is 8.23. The summed E-state index contributed by atoms with van der Waals surface area (Å²) < 4.78 is 41.3. The number of rotatable bonds is 7. The Morgan fingerprint density at radius 3 is 1.95 bits per heavy atom. The molecule has 0 unspecified atom stereocenters. The van der Waals surface area contributed by atoms with E-state index < -0.39 is 34.0 Å². The standard InChI is InChI=1S/C9H8F3.2C3H7.In/c1-7-4-2-3-5-8(7)6-9(10,11)12;2*1-3-2;/h2-5H,1,6H2;2*1,3H2,2H3;. The van der Waals surface area contributed by atoms with Gasteiger partial charge in [0.25, 0.3) is 0 Å². The molecule has 0 aliphatic carbocycles. The van der Waals surface area contributed by atoms with Crippen molar-refractivity contribution in [3.8, 4) is 0 Å². The summed E-state index contributed by atoms with van der Waals surface area (Å²) in [5, 5.41) is 0. The van der Waals surface area contributed by atoms with Crippen LogP contribution in [0.15, 0.2) is 24.3 Å². The monoisotopic (exact) mass is 374 g/mol. The fraction of sp³-hybridized carbons (Fsp3) is 0.600. The first-order valence-electron chi connectivity index (χ1n) is 7.09. The first-order chi connectivity index (χ1) is 8.96. The molecule has 106 valence electrons. The van der Waals surface area contributed by atoms with Crippen LogP contribution in [0, 0.1) is 0 Å². The molecule has 0 aromatic heterocycles. The van der Waals surface area contributed by atoms with Gasteiger partial charge in [-0.05, 0) is 0 Å².